The Morgan fingerprint density at radius 2 is 1.96 bits per heavy atom. The molecule has 2 aromatic heterocycles. The lowest BCUT2D eigenvalue weighted by molar-refractivity contribution is 0.104. The summed E-state index contributed by atoms with van der Waals surface area (Å²) in [6.07, 6.45) is 4.74. The number of rotatable bonds is 3. The number of ketones is 1. The maximum Gasteiger partial charge on any atom is 0.255 e. The molecule has 5 nitrogen and oxygen atoms in total. The van der Waals surface area contributed by atoms with E-state index >= 15 is 0 Å². The molecule has 0 unspecified atom stereocenters. The third-order valence-electron chi connectivity index (χ3n) is 4.05. The lowest BCUT2D eigenvalue weighted by Gasteiger charge is -2.18. The van der Waals surface area contributed by atoms with Crippen LogP contribution >= 0.6 is 0 Å². The number of aryl methyl sites for hydroxylation is 1. The SMILES string of the molecule is Cc1nn(C(C)(C)C)cc1C(=O)/C=C\c1cc2ccccc2[nH]c1=O. The second-order valence-corrected chi connectivity index (χ2v) is 7.08. The smallest absolute Gasteiger partial charge is 0.255 e. The number of H-pyrrole nitrogens is 1. The van der Waals surface area contributed by atoms with E-state index in [0.29, 0.717) is 16.8 Å². The Bertz CT molecular complexity index is 1030. The molecule has 0 radical (unpaired) electrons. The number of nitrogens with zero attached hydrogens (tertiary/aromatic N) is 2. The molecule has 25 heavy (non-hydrogen) atoms. The van der Waals surface area contributed by atoms with Gasteiger partial charge in [0, 0.05) is 17.3 Å². The molecule has 128 valence electrons. The number of aromatic nitrogens is 3. The summed E-state index contributed by atoms with van der Waals surface area (Å²) in [7, 11) is 0. The summed E-state index contributed by atoms with van der Waals surface area (Å²) in [6.45, 7) is 7.89. The first-order valence-electron chi connectivity index (χ1n) is 8.17. The van der Waals surface area contributed by atoms with Crippen LogP contribution in [0.25, 0.3) is 17.0 Å². The highest BCUT2D eigenvalue weighted by atomic mass is 16.1. The van der Waals surface area contributed by atoms with Crippen molar-refractivity contribution in [1.29, 1.82) is 0 Å². The van der Waals surface area contributed by atoms with E-state index in [1.807, 2.05) is 52.0 Å². The number of nitrogens with one attached hydrogen (secondary N) is 1. The second kappa shape index (κ2) is 6.16. The minimum atomic E-state index is -0.218. The monoisotopic (exact) mass is 335 g/mol. The number of benzene rings is 1. The van der Waals surface area contributed by atoms with Gasteiger partial charge in [-0.15, -0.1) is 0 Å². The Morgan fingerprint density at radius 1 is 1.24 bits per heavy atom. The molecular formula is C20H21N3O2. The minimum Gasteiger partial charge on any atom is -0.321 e. The van der Waals surface area contributed by atoms with Crippen molar-refractivity contribution in [2.24, 2.45) is 0 Å². The number of carbonyl (C=O) groups is 1. The molecule has 0 saturated carbocycles. The molecule has 0 fully saturated rings. The summed E-state index contributed by atoms with van der Waals surface area (Å²) in [4.78, 5) is 27.5. The van der Waals surface area contributed by atoms with Gasteiger partial charge in [-0.25, -0.2) is 0 Å². The zero-order valence-corrected chi connectivity index (χ0v) is 14.8. The van der Waals surface area contributed by atoms with Crippen molar-refractivity contribution in [1.82, 2.24) is 14.8 Å². The van der Waals surface area contributed by atoms with Gasteiger partial charge >= 0.3 is 0 Å². The lowest BCUT2D eigenvalue weighted by Crippen LogP contribution is -2.22. The van der Waals surface area contributed by atoms with Crippen LogP contribution in [0.2, 0.25) is 0 Å². The van der Waals surface area contributed by atoms with Crippen molar-refractivity contribution in [3.8, 4) is 0 Å². The number of pyridine rings is 1. The molecule has 2 heterocycles. The standard InChI is InChI=1S/C20H21N3O2/c1-13-16(12-23(22-13)20(2,3)4)18(24)10-9-15-11-14-7-5-6-8-17(14)21-19(15)25/h5-12H,1-4H3,(H,21,25)/b10-9-. The van der Waals surface area contributed by atoms with Crippen molar-refractivity contribution < 1.29 is 4.79 Å². The molecule has 0 bridgehead atoms. The topological polar surface area (TPSA) is 67.8 Å². The number of carbonyl (C=O) groups excluding carboxylic acids is 1. The quantitative estimate of drug-likeness (QED) is 0.586. The van der Waals surface area contributed by atoms with E-state index in [4.69, 9.17) is 0 Å². The van der Waals surface area contributed by atoms with E-state index in [2.05, 4.69) is 10.1 Å². The Hall–Kier alpha value is -2.95. The molecule has 0 saturated heterocycles. The Balaban J connectivity index is 1.92. The van der Waals surface area contributed by atoms with Gasteiger partial charge in [0.25, 0.3) is 5.56 Å². The van der Waals surface area contributed by atoms with Crippen LogP contribution in [0.15, 0.2) is 47.4 Å². The average Bonchev–Trinajstić information content (AvgIpc) is 2.95. The molecule has 3 rings (SSSR count). The van der Waals surface area contributed by atoms with Crippen molar-refractivity contribution >= 4 is 22.8 Å². The van der Waals surface area contributed by atoms with Crippen molar-refractivity contribution in [2.45, 2.75) is 33.2 Å². The van der Waals surface area contributed by atoms with Crippen LogP contribution in [0, 0.1) is 6.92 Å². The summed E-state index contributed by atoms with van der Waals surface area (Å²) in [5.74, 6) is -0.166. The number of allylic oxidation sites excluding steroid dienone is 1. The summed E-state index contributed by atoms with van der Waals surface area (Å²) >= 11 is 0. The first-order valence-corrected chi connectivity index (χ1v) is 8.17. The fraction of sp³-hybridized carbons (Fsp3) is 0.250. The van der Waals surface area contributed by atoms with E-state index in [1.54, 1.807) is 23.0 Å². The van der Waals surface area contributed by atoms with Gasteiger partial charge in [-0.3, -0.25) is 14.3 Å². The van der Waals surface area contributed by atoms with Crippen molar-refractivity contribution in [2.75, 3.05) is 0 Å². The lowest BCUT2D eigenvalue weighted by atomic mass is 10.1. The predicted molar refractivity (Wildman–Crippen MR) is 99.9 cm³/mol. The fourth-order valence-electron chi connectivity index (χ4n) is 2.59. The van der Waals surface area contributed by atoms with Crippen LogP contribution in [-0.4, -0.2) is 20.5 Å². The molecule has 1 aromatic carbocycles. The Labute approximate surface area is 146 Å². The number of para-hydroxylation sites is 1. The number of hydrogen-bond donors (Lipinski definition) is 1. The van der Waals surface area contributed by atoms with Gasteiger partial charge in [0.15, 0.2) is 5.78 Å². The first kappa shape index (κ1) is 16.9. The molecule has 0 aliphatic rings. The number of fused-ring (bicyclic) bond motifs is 1. The van der Waals surface area contributed by atoms with Gasteiger partial charge in [-0.05, 0) is 57.4 Å². The summed E-state index contributed by atoms with van der Waals surface area (Å²) in [5.41, 5.74) is 2.04. The molecule has 0 aliphatic heterocycles. The van der Waals surface area contributed by atoms with Gasteiger partial charge in [0.2, 0.25) is 0 Å². The number of hydrogen-bond acceptors (Lipinski definition) is 3. The van der Waals surface area contributed by atoms with Crippen LogP contribution in [0.3, 0.4) is 0 Å². The minimum absolute atomic E-state index is 0.166. The van der Waals surface area contributed by atoms with Crippen LogP contribution in [0.4, 0.5) is 0 Å². The molecule has 3 aromatic rings. The van der Waals surface area contributed by atoms with Crippen LogP contribution in [0.1, 0.15) is 42.4 Å². The zero-order valence-electron chi connectivity index (χ0n) is 14.8. The molecule has 5 heteroatoms. The van der Waals surface area contributed by atoms with Crippen LogP contribution in [-0.2, 0) is 5.54 Å². The van der Waals surface area contributed by atoms with Gasteiger partial charge in [0.1, 0.15) is 0 Å². The predicted octanol–water partition coefficient (Wildman–Crippen LogP) is 3.68. The maximum absolute atomic E-state index is 12.5. The third-order valence-corrected chi connectivity index (χ3v) is 4.05. The molecule has 1 N–H and O–H groups in total. The largest absolute Gasteiger partial charge is 0.321 e. The zero-order chi connectivity index (χ0) is 18.2. The molecule has 0 spiro atoms. The normalized spacial score (nSPS) is 12.2. The number of aromatic amines is 1. The highest BCUT2D eigenvalue weighted by Crippen LogP contribution is 2.17. The van der Waals surface area contributed by atoms with Gasteiger partial charge in [-0.1, -0.05) is 18.2 Å². The fourth-order valence-corrected chi connectivity index (χ4v) is 2.59. The molecule has 0 amide bonds. The highest BCUT2D eigenvalue weighted by Gasteiger charge is 2.18. The highest BCUT2D eigenvalue weighted by molar-refractivity contribution is 6.07. The molecule has 0 atom stereocenters. The third kappa shape index (κ3) is 3.45. The Morgan fingerprint density at radius 3 is 2.64 bits per heavy atom. The second-order valence-electron chi connectivity index (χ2n) is 7.08. The Kier molecular flexibility index (Phi) is 4.17. The molecule has 0 aliphatic carbocycles. The summed E-state index contributed by atoms with van der Waals surface area (Å²) in [6, 6.07) is 9.32. The van der Waals surface area contributed by atoms with E-state index in [-0.39, 0.29) is 16.9 Å². The van der Waals surface area contributed by atoms with Crippen molar-refractivity contribution in [3.05, 3.63) is 69.8 Å². The molecular weight excluding hydrogens is 314 g/mol. The first-order chi connectivity index (χ1) is 11.8. The van der Waals surface area contributed by atoms with E-state index in [1.165, 1.54) is 6.08 Å². The van der Waals surface area contributed by atoms with Gasteiger partial charge in [-0.2, -0.15) is 5.10 Å². The van der Waals surface area contributed by atoms with E-state index < -0.39 is 0 Å². The van der Waals surface area contributed by atoms with Gasteiger partial charge in [0.05, 0.1) is 16.8 Å². The van der Waals surface area contributed by atoms with Crippen LogP contribution < -0.4 is 5.56 Å². The van der Waals surface area contributed by atoms with E-state index in [9.17, 15) is 9.59 Å². The van der Waals surface area contributed by atoms with Gasteiger partial charge < -0.3 is 4.98 Å². The van der Waals surface area contributed by atoms with Crippen LogP contribution in [0.5, 0.6) is 0 Å². The average molecular weight is 335 g/mol. The van der Waals surface area contributed by atoms with E-state index in [0.717, 1.165) is 10.9 Å². The van der Waals surface area contributed by atoms with Crippen molar-refractivity contribution in [3.63, 3.8) is 0 Å². The maximum atomic E-state index is 12.5. The summed E-state index contributed by atoms with van der Waals surface area (Å²) in [5, 5.41) is 5.33. The summed E-state index contributed by atoms with van der Waals surface area (Å²) < 4.78 is 1.78.